The summed E-state index contributed by atoms with van der Waals surface area (Å²) in [7, 11) is 3.21. The highest BCUT2D eigenvalue weighted by Gasteiger charge is 2.21. The molecule has 122 valence electrons. The molecule has 1 aromatic carbocycles. The van der Waals surface area contributed by atoms with Crippen LogP contribution >= 0.6 is 34.9 Å². The molecule has 0 saturated heterocycles. The third-order valence-corrected chi connectivity index (χ3v) is 4.96. The fourth-order valence-electron chi connectivity index (χ4n) is 1.66. The van der Waals surface area contributed by atoms with Crippen LogP contribution in [0.25, 0.3) is 0 Å². The van der Waals surface area contributed by atoms with Crippen LogP contribution in [0.15, 0.2) is 29.3 Å². The zero-order valence-electron chi connectivity index (χ0n) is 12.5. The number of nitrogens with one attached hydrogen (secondary N) is 1. The van der Waals surface area contributed by atoms with Gasteiger partial charge in [-0.25, -0.2) is 4.79 Å². The van der Waals surface area contributed by atoms with Crippen LogP contribution in [0.5, 0.6) is 0 Å². The largest absolute Gasteiger partial charge is 0.365 e. The Hall–Kier alpha value is -1.77. The summed E-state index contributed by atoms with van der Waals surface area (Å²) in [5, 5.41) is 4.12. The lowest BCUT2D eigenvalue weighted by Gasteiger charge is -2.11. The number of carbonyl (C=O) groups is 2. The Morgan fingerprint density at radius 1 is 1.43 bits per heavy atom. The number of aromatic nitrogens is 1. The summed E-state index contributed by atoms with van der Waals surface area (Å²) >= 11 is 8.35. The van der Waals surface area contributed by atoms with Crippen LogP contribution in [0.2, 0.25) is 5.02 Å². The Morgan fingerprint density at radius 3 is 2.78 bits per heavy atom. The van der Waals surface area contributed by atoms with Crippen LogP contribution in [0.1, 0.15) is 15.9 Å². The van der Waals surface area contributed by atoms with E-state index in [1.165, 1.54) is 16.7 Å². The minimum atomic E-state index is -0.624. The van der Waals surface area contributed by atoms with E-state index in [-0.39, 0.29) is 11.6 Å². The highest BCUT2D eigenvalue weighted by atomic mass is 35.5. The first-order chi connectivity index (χ1) is 10.9. The molecular formula is C14H15ClN4O2S2. The van der Waals surface area contributed by atoms with Gasteiger partial charge in [0, 0.05) is 24.9 Å². The van der Waals surface area contributed by atoms with E-state index >= 15 is 0 Å². The second-order valence-corrected chi connectivity index (χ2v) is 6.97. The Balaban J connectivity index is 2.17. The predicted octanol–water partition coefficient (Wildman–Crippen LogP) is 3.28. The topological polar surface area (TPSA) is 88.3 Å². The van der Waals surface area contributed by atoms with Crippen LogP contribution in [0.3, 0.4) is 0 Å². The Labute approximate surface area is 147 Å². The second-order valence-electron chi connectivity index (χ2n) is 4.80. The minimum absolute atomic E-state index is 0.234. The minimum Gasteiger partial charge on any atom is -0.365 e. The SMILES string of the molecule is CN(C)C(=O)Nc1snc(SCc2cccc(Cl)c2)c1C(N)=O. The number of urea groups is 1. The Kier molecular flexibility index (Phi) is 5.86. The van der Waals surface area contributed by atoms with Crippen molar-refractivity contribution >= 4 is 51.8 Å². The number of nitrogens with zero attached hydrogens (tertiary/aromatic N) is 2. The Morgan fingerprint density at radius 2 is 2.17 bits per heavy atom. The maximum absolute atomic E-state index is 11.7. The zero-order valence-corrected chi connectivity index (χ0v) is 14.9. The molecule has 0 fully saturated rings. The van der Waals surface area contributed by atoms with E-state index in [2.05, 4.69) is 9.69 Å². The van der Waals surface area contributed by atoms with E-state index in [1.807, 2.05) is 18.2 Å². The van der Waals surface area contributed by atoms with Crippen molar-refractivity contribution in [3.63, 3.8) is 0 Å². The third-order valence-electron chi connectivity index (χ3n) is 2.80. The van der Waals surface area contributed by atoms with Crippen molar-refractivity contribution in [3.8, 4) is 0 Å². The van der Waals surface area contributed by atoms with Crippen molar-refractivity contribution < 1.29 is 9.59 Å². The van der Waals surface area contributed by atoms with Gasteiger partial charge in [-0.15, -0.1) is 0 Å². The summed E-state index contributed by atoms with van der Waals surface area (Å²) in [5.74, 6) is -0.0348. The van der Waals surface area contributed by atoms with Crippen LogP contribution in [-0.4, -0.2) is 35.3 Å². The summed E-state index contributed by atoms with van der Waals surface area (Å²) in [4.78, 5) is 24.8. The number of primary amides is 1. The molecule has 6 nitrogen and oxygen atoms in total. The number of amides is 3. The number of rotatable bonds is 5. The van der Waals surface area contributed by atoms with Gasteiger partial charge in [-0.2, -0.15) is 4.37 Å². The average molecular weight is 371 g/mol. The molecule has 0 saturated carbocycles. The first-order valence-electron chi connectivity index (χ1n) is 6.53. The monoisotopic (exact) mass is 370 g/mol. The molecule has 3 N–H and O–H groups in total. The molecule has 0 radical (unpaired) electrons. The average Bonchev–Trinajstić information content (AvgIpc) is 2.88. The number of nitrogens with two attached hydrogens (primary N) is 1. The molecule has 0 spiro atoms. The third kappa shape index (κ3) is 4.60. The molecule has 0 atom stereocenters. The lowest BCUT2D eigenvalue weighted by Crippen LogP contribution is -2.28. The summed E-state index contributed by atoms with van der Waals surface area (Å²) < 4.78 is 4.22. The number of anilines is 1. The van der Waals surface area contributed by atoms with Crippen molar-refractivity contribution in [2.75, 3.05) is 19.4 Å². The van der Waals surface area contributed by atoms with Crippen molar-refractivity contribution in [2.24, 2.45) is 5.73 Å². The maximum atomic E-state index is 11.7. The van der Waals surface area contributed by atoms with Gasteiger partial charge in [0.15, 0.2) is 0 Å². The second kappa shape index (κ2) is 7.67. The van der Waals surface area contributed by atoms with Crippen molar-refractivity contribution in [2.45, 2.75) is 10.8 Å². The molecule has 0 aliphatic heterocycles. The maximum Gasteiger partial charge on any atom is 0.321 e. The first-order valence-corrected chi connectivity index (χ1v) is 8.67. The zero-order chi connectivity index (χ0) is 17.0. The number of thioether (sulfide) groups is 1. The summed E-state index contributed by atoms with van der Waals surface area (Å²) in [6, 6.07) is 7.09. The molecule has 0 aliphatic carbocycles. The number of hydrogen-bond acceptors (Lipinski definition) is 5. The molecule has 1 aromatic heterocycles. The quantitative estimate of drug-likeness (QED) is 0.790. The van der Waals surface area contributed by atoms with E-state index in [1.54, 1.807) is 20.2 Å². The van der Waals surface area contributed by atoms with Crippen molar-refractivity contribution in [1.29, 1.82) is 0 Å². The molecule has 0 aliphatic rings. The van der Waals surface area contributed by atoms with E-state index in [4.69, 9.17) is 17.3 Å². The molecule has 0 bridgehead atoms. The van der Waals surface area contributed by atoms with Crippen LogP contribution in [0, 0.1) is 0 Å². The first kappa shape index (κ1) is 17.6. The molecule has 23 heavy (non-hydrogen) atoms. The van der Waals surface area contributed by atoms with Crippen LogP contribution in [-0.2, 0) is 5.75 Å². The van der Waals surface area contributed by atoms with E-state index in [0.717, 1.165) is 17.1 Å². The van der Waals surface area contributed by atoms with Gasteiger partial charge in [0.25, 0.3) is 5.91 Å². The van der Waals surface area contributed by atoms with Crippen molar-refractivity contribution in [1.82, 2.24) is 9.27 Å². The van der Waals surface area contributed by atoms with E-state index in [9.17, 15) is 9.59 Å². The fourth-order valence-corrected chi connectivity index (χ4v) is 3.78. The normalized spacial score (nSPS) is 10.4. The van der Waals surface area contributed by atoms with Crippen LogP contribution in [0.4, 0.5) is 9.80 Å². The molecule has 1 heterocycles. The van der Waals surface area contributed by atoms with Gasteiger partial charge in [-0.05, 0) is 29.2 Å². The standard InChI is InChI=1S/C14H15ClN4O2S2/c1-19(2)14(21)17-12-10(11(16)20)13(18-23-12)22-7-8-4-3-5-9(15)6-8/h3-6H,7H2,1-2H3,(H2,16,20)(H,17,21). The number of carbonyl (C=O) groups excluding carboxylic acids is 2. The lowest BCUT2D eigenvalue weighted by atomic mass is 10.2. The van der Waals surface area contributed by atoms with Crippen LogP contribution < -0.4 is 11.1 Å². The predicted molar refractivity (Wildman–Crippen MR) is 94.4 cm³/mol. The highest BCUT2D eigenvalue weighted by molar-refractivity contribution is 7.98. The molecule has 2 aromatic rings. The van der Waals surface area contributed by atoms with E-state index in [0.29, 0.717) is 20.8 Å². The summed E-state index contributed by atoms with van der Waals surface area (Å²) in [6.45, 7) is 0. The molecule has 2 rings (SSSR count). The molecule has 9 heteroatoms. The fraction of sp³-hybridized carbons (Fsp3) is 0.214. The molecule has 3 amide bonds. The van der Waals surface area contributed by atoms with Gasteiger partial charge in [0.05, 0.1) is 0 Å². The van der Waals surface area contributed by atoms with Crippen molar-refractivity contribution in [3.05, 3.63) is 40.4 Å². The molecule has 0 unspecified atom stereocenters. The summed E-state index contributed by atoms with van der Waals surface area (Å²) in [6.07, 6.45) is 0. The number of halogens is 1. The number of hydrogen-bond donors (Lipinski definition) is 2. The van der Waals surface area contributed by atoms with E-state index < -0.39 is 5.91 Å². The van der Waals surface area contributed by atoms with Gasteiger partial charge < -0.3 is 10.6 Å². The summed E-state index contributed by atoms with van der Waals surface area (Å²) in [5.41, 5.74) is 6.67. The molecular weight excluding hydrogens is 356 g/mol. The van der Waals surface area contributed by atoms with Gasteiger partial charge in [-0.3, -0.25) is 10.1 Å². The Bertz CT molecular complexity index is 733. The van der Waals surface area contributed by atoms with Gasteiger partial charge in [0.1, 0.15) is 15.6 Å². The highest BCUT2D eigenvalue weighted by Crippen LogP contribution is 2.33. The van der Waals surface area contributed by atoms with Gasteiger partial charge in [0.2, 0.25) is 0 Å². The number of benzene rings is 1. The van der Waals surface area contributed by atoms with Gasteiger partial charge >= 0.3 is 6.03 Å². The lowest BCUT2D eigenvalue weighted by molar-refractivity contribution is 0.0998. The van der Waals surface area contributed by atoms with Gasteiger partial charge in [-0.1, -0.05) is 35.5 Å². The smallest absolute Gasteiger partial charge is 0.321 e.